The van der Waals surface area contributed by atoms with Crippen LogP contribution in [0.3, 0.4) is 0 Å². The van der Waals surface area contributed by atoms with Crippen LogP contribution in [-0.4, -0.2) is 39.7 Å². The van der Waals surface area contributed by atoms with Gasteiger partial charge in [-0.2, -0.15) is 5.10 Å². The van der Waals surface area contributed by atoms with Crippen LogP contribution in [0.25, 0.3) is 5.69 Å². The molecule has 0 radical (unpaired) electrons. The lowest BCUT2D eigenvalue weighted by Crippen LogP contribution is -2.36. The standard InChI is InChI=1S/C18H20ClN3O3/c1-3-16(23)21-10-9-15-14(11-21)17(18(24)25-4-2)20-22(15)13-7-5-12(19)6-8-13/h5-8H,3-4,9-11H2,1-2H3. The Bertz CT molecular complexity index is 799. The van der Waals surface area contributed by atoms with Crippen LogP contribution in [0.4, 0.5) is 0 Å². The molecule has 0 unspecified atom stereocenters. The van der Waals surface area contributed by atoms with Gasteiger partial charge in [0.25, 0.3) is 0 Å². The van der Waals surface area contributed by atoms with Crippen molar-refractivity contribution in [2.75, 3.05) is 13.2 Å². The van der Waals surface area contributed by atoms with Gasteiger partial charge in [0.2, 0.25) is 5.91 Å². The highest BCUT2D eigenvalue weighted by molar-refractivity contribution is 6.30. The summed E-state index contributed by atoms with van der Waals surface area (Å²) in [6, 6.07) is 7.28. The number of carbonyl (C=O) groups is 2. The molecule has 1 amide bonds. The number of aromatic nitrogens is 2. The number of nitrogens with zero attached hydrogens (tertiary/aromatic N) is 3. The van der Waals surface area contributed by atoms with Crippen molar-refractivity contribution < 1.29 is 14.3 Å². The number of fused-ring (bicyclic) bond motifs is 1. The minimum absolute atomic E-state index is 0.0692. The van der Waals surface area contributed by atoms with Crippen LogP contribution in [-0.2, 0) is 22.5 Å². The predicted molar refractivity (Wildman–Crippen MR) is 93.9 cm³/mol. The lowest BCUT2D eigenvalue weighted by Gasteiger charge is -2.27. The monoisotopic (exact) mass is 361 g/mol. The Morgan fingerprint density at radius 1 is 1.24 bits per heavy atom. The van der Waals surface area contributed by atoms with Crippen molar-refractivity contribution in [1.82, 2.24) is 14.7 Å². The van der Waals surface area contributed by atoms with Gasteiger partial charge in [-0.1, -0.05) is 18.5 Å². The number of benzene rings is 1. The van der Waals surface area contributed by atoms with Crippen molar-refractivity contribution >= 4 is 23.5 Å². The van der Waals surface area contributed by atoms with Crippen LogP contribution < -0.4 is 0 Å². The Hall–Kier alpha value is -2.34. The van der Waals surface area contributed by atoms with Crippen molar-refractivity contribution in [1.29, 1.82) is 0 Å². The molecule has 7 heteroatoms. The van der Waals surface area contributed by atoms with E-state index < -0.39 is 5.97 Å². The Labute approximate surface area is 151 Å². The Kier molecular flexibility index (Phi) is 5.08. The number of halogens is 1. The summed E-state index contributed by atoms with van der Waals surface area (Å²) in [4.78, 5) is 26.2. The molecule has 132 valence electrons. The van der Waals surface area contributed by atoms with Crippen LogP contribution in [0.5, 0.6) is 0 Å². The first-order valence-electron chi connectivity index (χ1n) is 8.36. The third-order valence-electron chi connectivity index (χ3n) is 4.25. The van der Waals surface area contributed by atoms with Gasteiger partial charge >= 0.3 is 5.97 Å². The molecule has 2 heterocycles. The normalized spacial score (nSPS) is 13.5. The molecule has 6 nitrogen and oxygen atoms in total. The summed E-state index contributed by atoms with van der Waals surface area (Å²) in [6.07, 6.45) is 1.07. The van der Waals surface area contributed by atoms with E-state index in [9.17, 15) is 9.59 Å². The highest BCUT2D eigenvalue weighted by Crippen LogP contribution is 2.27. The van der Waals surface area contributed by atoms with Crippen LogP contribution in [0.2, 0.25) is 5.02 Å². The van der Waals surface area contributed by atoms with Crippen molar-refractivity contribution in [2.45, 2.75) is 33.2 Å². The molecule has 2 aromatic rings. The van der Waals surface area contributed by atoms with Crippen molar-refractivity contribution in [3.05, 3.63) is 46.2 Å². The Morgan fingerprint density at radius 3 is 2.60 bits per heavy atom. The fraction of sp³-hybridized carbons (Fsp3) is 0.389. The van der Waals surface area contributed by atoms with Crippen LogP contribution in [0.1, 0.15) is 42.0 Å². The molecule has 0 fully saturated rings. The number of amides is 1. The minimum Gasteiger partial charge on any atom is -0.461 e. The summed E-state index contributed by atoms with van der Waals surface area (Å²) in [6.45, 7) is 4.86. The Morgan fingerprint density at radius 2 is 1.96 bits per heavy atom. The van der Waals surface area contributed by atoms with E-state index in [1.165, 1.54) is 0 Å². The van der Waals surface area contributed by atoms with Gasteiger partial charge in [-0.3, -0.25) is 4.79 Å². The Balaban J connectivity index is 2.05. The maximum atomic E-state index is 12.3. The van der Waals surface area contributed by atoms with Gasteiger partial charge in [-0.25, -0.2) is 9.48 Å². The van der Waals surface area contributed by atoms with Gasteiger partial charge in [0, 0.05) is 36.5 Å². The van der Waals surface area contributed by atoms with E-state index in [4.69, 9.17) is 16.3 Å². The molecular formula is C18H20ClN3O3. The van der Waals surface area contributed by atoms with Crippen LogP contribution >= 0.6 is 11.6 Å². The molecule has 1 aliphatic heterocycles. The second kappa shape index (κ2) is 7.27. The maximum Gasteiger partial charge on any atom is 0.359 e. The molecule has 25 heavy (non-hydrogen) atoms. The molecule has 0 spiro atoms. The van der Waals surface area contributed by atoms with Gasteiger partial charge in [0.05, 0.1) is 18.0 Å². The molecule has 0 saturated heterocycles. The fourth-order valence-corrected chi connectivity index (χ4v) is 3.14. The first kappa shape index (κ1) is 17.5. The van der Waals surface area contributed by atoms with E-state index in [1.54, 1.807) is 28.6 Å². The summed E-state index contributed by atoms with van der Waals surface area (Å²) in [7, 11) is 0. The zero-order valence-corrected chi connectivity index (χ0v) is 15.0. The smallest absolute Gasteiger partial charge is 0.359 e. The van der Waals surface area contributed by atoms with E-state index >= 15 is 0 Å². The van der Waals surface area contributed by atoms with Gasteiger partial charge in [-0.05, 0) is 31.2 Å². The number of ether oxygens (including phenoxy) is 1. The zero-order chi connectivity index (χ0) is 18.0. The largest absolute Gasteiger partial charge is 0.461 e. The topological polar surface area (TPSA) is 64.4 Å². The molecule has 1 aromatic carbocycles. The number of esters is 1. The van der Waals surface area contributed by atoms with Crippen LogP contribution in [0.15, 0.2) is 24.3 Å². The lowest BCUT2D eigenvalue weighted by molar-refractivity contribution is -0.131. The van der Waals surface area contributed by atoms with E-state index in [-0.39, 0.29) is 18.2 Å². The maximum absolute atomic E-state index is 12.3. The first-order chi connectivity index (χ1) is 12.0. The quantitative estimate of drug-likeness (QED) is 0.785. The molecule has 0 N–H and O–H groups in total. The lowest BCUT2D eigenvalue weighted by atomic mass is 10.0. The highest BCUT2D eigenvalue weighted by Gasteiger charge is 2.30. The summed E-state index contributed by atoms with van der Waals surface area (Å²) >= 11 is 5.96. The van der Waals surface area contributed by atoms with Gasteiger partial charge in [0.1, 0.15) is 0 Å². The zero-order valence-electron chi connectivity index (χ0n) is 14.3. The minimum atomic E-state index is -0.461. The molecular weight excluding hydrogens is 342 g/mol. The van der Waals surface area contributed by atoms with E-state index in [0.29, 0.717) is 31.0 Å². The van der Waals surface area contributed by atoms with Crippen molar-refractivity contribution in [3.63, 3.8) is 0 Å². The van der Waals surface area contributed by atoms with Gasteiger partial charge in [0.15, 0.2) is 5.69 Å². The molecule has 0 atom stereocenters. The summed E-state index contributed by atoms with van der Waals surface area (Å²) in [5.74, 6) is -0.392. The summed E-state index contributed by atoms with van der Waals surface area (Å²) in [5.41, 5.74) is 2.80. The molecule has 0 bridgehead atoms. The summed E-state index contributed by atoms with van der Waals surface area (Å²) in [5, 5.41) is 5.13. The molecule has 1 aliphatic rings. The average Bonchev–Trinajstić information content (AvgIpc) is 3.01. The summed E-state index contributed by atoms with van der Waals surface area (Å²) < 4.78 is 6.90. The van der Waals surface area contributed by atoms with Crippen LogP contribution in [0, 0.1) is 0 Å². The third-order valence-corrected chi connectivity index (χ3v) is 4.50. The molecule has 3 rings (SSSR count). The molecule has 0 saturated carbocycles. The second-order valence-corrected chi connectivity index (χ2v) is 6.24. The predicted octanol–water partition coefficient (Wildman–Crippen LogP) is 3.00. The first-order valence-corrected chi connectivity index (χ1v) is 8.74. The fourth-order valence-electron chi connectivity index (χ4n) is 3.01. The molecule has 0 aliphatic carbocycles. The van der Waals surface area contributed by atoms with Gasteiger partial charge in [-0.15, -0.1) is 0 Å². The molecule has 1 aromatic heterocycles. The number of carbonyl (C=O) groups excluding carboxylic acids is 2. The van der Waals surface area contributed by atoms with E-state index in [2.05, 4.69) is 5.10 Å². The third kappa shape index (κ3) is 3.39. The highest BCUT2D eigenvalue weighted by atomic mass is 35.5. The number of hydrogen-bond donors (Lipinski definition) is 0. The van der Waals surface area contributed by atoms with Crippen molar-refractivity contribution in [2.24, 2.45) is 0 Å². The van der Waals surface area contributed by atoms with Crippen molar-refractivity contribution in [3.8, 4) is 5.69 Å². The second-order valence-electron chi connectivity index (χ2n) is 5.80. The number of rotatable bonds is 4. The van der Waals surface area contributed by atoms with E-state index in [1.807, 2.05) is 19.1 Å². The SMILES string of the molecule is CCOC(=O)c1nn(-c2ccc(Cl)cc2)c2c1CN(C(=O)CC)CC2. The van der Waals surface area contributed by atoms with Gasteiger partial charge < -0.3 is 9.64 Å². The number of hydrogen-bond acceptors (Lipinski definition) is 4. The van der Waals surface area contributed by atoms with E-state index in [0.717, 1.165) is 16.9 Å². The average molecular weight is 362 g/mol.